The molecule has 18 heavy (non-hydrogen) atoms. The summed E-state index contributed by atoms with van der Waals surface area (Å²) in [5, 5.41) is 18.2. The molecule has 0 saturated carbocycles. The van der Waals surface area contributed by atoms with Gasteiger partial charge < -0.3 is 20.0 Å². The second-order valence-electron chi connectivity index (χ2n) is 5.11. The smallest absolute Gasteiger partial charge is 0.326 e. The second kappa shape index (κ2) is 5.56. The van der Waals surface area contributed by atoms with Crippen LogP contribution in [-0.2, 0) is 4.79 Å². The van der Waals surface area contributed by atoms with E-state index in [0.29, 0.717) is 26.1 Å². The number of urea groups is 1. The number of nitrogens with zero attached hydrogens (tertiary/aromatic N) is 2. The van der Waals surface area contributed by atoms with E-state index in [4.69, 9.17) is 10.2 Å². The summed E-state index contributed by atoms with van der Waals surface area (Å²) in [6.07, 6.45) is 3.07. The van der Waals surface area contributed by atoms with Gasteiger partial charge in [-0.05, 0) is 25.7 Å². The molecule has 2 saturated heterocycles. The van der Waals surface area contributed by atoms with Crippen LogP contribution in [0.1, 0.15) is 25.7 Å². The fourth-order valence-corrected chi connectivity index (χ4v) is 2.75. The standard InChI is InChI=1S/C12H20N2O4/c15-8-9-4-6-13(7-9)12(18)14-5-2-1-3-10(14)11(16)17/h9-10,15H,1-8H2,(H,16,17). The lowest BCUT2D eigenvalue weighted by Crippen LogP contribution is -2.52. The van der Waals surface area contributed by atoms with Gasteiger partial charge in [-0.3, -0.25) is 0 Å². The quantitative estimate of drug-likeness (QED) is 0.747. The highest BCUT2D eigenvalue weighted by Gasteiger charge is 2.36. The van der Waals surface area contributed by atoms with Crippen molar-refractivity contribution >= 4 is 12.0 Å². The van der Waals surface area contributed by atoms with E-state index in [9.17, 15) is 9.59 Å². The van der Waals surface area contributed by atoms with Crippen LogP contribution in [0.25, 0.3) is 0 Å². The highest BCUT2D eigenvalue weighted by Crippen LogP contribution is 2.22. The first-order valence-corrected chi connectivity index (χ1v) is 6.52. The molecule has 0 radical (unpaired) electrons. The first-order chi connectivity index (χ1) is 8.63. The average molecular weight is 256 g/mol. The van der Waals surface area contributed by atoms with Crippen molar-refractivity contribution in [2.45, 2.75) is 31.7 Å². The molecule has 102 valence electrons. The number of carbonyl (C=O) groups is 2. The first-order valence-electron chi connectivity index (χ1n) is 6.52. The Bertz CT molecular complexity index is 334. The normalized spacial score (nSPS) is 28.5. The van der Waals surface area contributed by atoms with Crippen LogP contribution in [0.4, 0.5) is 4.79 Å². The van der Waals surface area contributed by atoms with Gasteiger partial charge in [-0.2, -0.15) is 0 Å². The van der Waals surface area contributed by atoms with Gasteiger partial charge in [-0.25, -0.2) is 9.59 Å². The third-order valence-corrected chi connectivity index (χ3v) is 3.85. The number of piperidine rings is 1. The highest BCUT2D eigenvalue weighted by molar-refractivity contribution is 5.83. The summed E-state index contributed by atoms with van der Waals surface area (Å²) in [5.41, 5.74) is 0. The Hall–Kier alpha value is -1.30. The predicted octanol–water partition coefficient (Wildman–Crippen LogP) is 0.360. The Labute approximate surface area is 106 Å². The number of carbonyl (C=O) groups excluding carboxylic acids is 1. The minimum absolute atomic E-state index is 0.0894. The van der Waals surface area contributed by atoms with Crippen molar-refractivity contribution in [3.63, 3.8) is 0 Å². The molecular weight excluding hydrogens is 236 g/mol. The summed E-state index contributed by atoms with van der Waals surface area (Å²) in [6, 6.07) is -0.863. The van der Waals surface area contributed by atoms with Crippen molar-refractivity contribution in [1.82, 2.24) is 9.80 Å². The fourth-order valence-electron chi connectivity index (χ4n) is 2.75. The summed E-state index contributed by atoms with van der Waals surface area (Å²) < 4.78 is 0. The van der Waals surface area contributed by atoms with Gasteiger partial charge in [0.15, 0.2) is 0 Å². The molecule has 2 aliphatic heterocycles. The maximum Gasteiger partial charge on any atom is 0.326 e. The predicted molar refractivity (Wildman–Crippen MR) is 64.1 cm³/mol. The number of aliphatic carboxylic acids is 1. The Balaban J connectivity index is 2.00. The Morgan fingerprint density at radius 2 is 1.94 bits per heavy atom. The number of hydrogen-bond donors (Lipinski definition) is 2. The molecule has 2 rings (SSSR count). The molecule has 2 fully saturated rings. The van der Waals surface area contributed by atoms with Crippen molar-refractivity contribution in [1.29, 1.82) is 0 Å². The highest BCUT2D eigenvalue weighted by atomic mass is 16.4. The third-order valence-electron chi connectivity index (χ3n) is 3.85. The van der Waals surface area contributed by atoms with E-state index in [2.05, 4.69) is 0 Å². The van der Waals surface area contributed by atoms with Gasteiger partial charge >= 0.3 is 12.0 Å². The zero-order valence-electron chi connectivity index (χ0n) is 10.4. The molecule has 2 amide bonds. The maximum atomic E-state index is 12.3. The molecule has 0 aromatic rings. The van der Waals surface area contributed by atoms with Crippen LogP contribution < -0.4 is 0 Å². The van der Waals surface area contributed by atoms with E-state index >= 15 is 0 Å². The Morgan fingerprint density at radius 3 is 2.56 bits per heavy atom. The van der Waals surface area contributed by atoms with Crippen LogP contribution in [0.5, 0.6) is 0 Å². The van der Waals surface area contributed by atoms with Gasteiger partial charge in [0, 0.05) is 32.2 Å². The van der Waals surface area contributed by atoms with E-state index in [0.717, 1.165) is 19.3 Å². The molecule has 0 aromatic carbocycles. The summed E-state index contributed by atoms with van der Waals surface area (Å²) in [4.78, 5) is 26.6. The van der Waals surface area contributed by atoms with Crippen LogP contribution in [0.2, 0.25) is 0 Å². The molecule has 2 atom stereocenters. The number of likely N-dealkylation sites (tertiary alicyclic amines) is 2. The largest absolute Gasteiger partial charge is 0.480 e. The number of aliphatic hydroxyl groups excluding tert-OH is 1. The molecule has 2 aliphatic rings. The molecule has 0 aromatic heterocycles. The van der Waals surface area contributed by atoms with Crippen molar-refractivity contribution in [3.05, 3.63) is 0 Å². The number of carboxylic acids is 1. The average Bonchev–Trinajstić information content (AvgIpc) is 2.86. The van der Waals surface area contributed by atoms with Crippen LogP contribution in [0, 0.1) is 5.92 Å². The lowest BCUT2D eigenvalue weighted by atomic mass is 10.0. The number of amides is 2. The molecule has 6 nitrogen and oxygen atoms in total. The SMILES string of the molecule is O=C(O)C1CCCCN1C(=O)N1CCC(CO)C1. The summed E-state index contributed by atoms with van der Waals surface area (Å²) in [5.74, 6) is -0.775. The van der Waals surface area contributed by atoms with Crippen LogP contribution in [0.3, 0.4) is 0 Å². The molecular formula is C12H20N2O4. The van der Waals surface area contributed by atoms with Crippen LogP contribution in [0.15, 0.2) is 0 Å². The fraction of sp³-hybridized carbons (Fsp3) is 0.833. The number of hydrogen-bond acceptors (Lipinski definition) is 3. The molecule has 2 heterocycles. The molecule has 0 aliphatic carbocycles. The van der Waals surface area contributed by atoms with E-state index in [1.807, 2.05) is 0 Å². The van der Waals surface area contributed by atoms with Gasteiger partial charge in [0.1, 0.15) is 6.04 Å². The minimum atomic E-state index is -0.916. The summed E-state index contributed by atoms with van der Waals surface area (Å²) in [6.45, 7) is 1.77. The topological polar surface area (TPSA) is 81.1 Å². The molecule has 2 unspecified atom stereocenters. The number of aliphatic hydroxyl groups is 1. The van der Waals surface area contributed by atoms with E-state index in [1.165, 1.54) is 4.90 Å². The van der Waals surface area contributed by atoms with Gasteiger partial charge in [0.2, 0.25) is 0 Å². The zero-order chi connectivity index (χ0) is 13.1. The number of rotatable bonds is 2. The zero-order valence-corrected chi connectivity index (χ0v) is 10.4. The van der Waals surface area contributed by atoms with E-state index in [-0.39, 0.29) is 18.6 Å². The molecule has 2 N–H and O–H groups in total. The summed E-state index contributed by atoms with van der Waals surface area (Å²) >= 11 is 0. The maximum absolute atomic E-state index is 12.3. The molecule has 6 heteroatoms. The van der Waals surface area contributed by atoms with Gasteiger partial charge in [-0.1, -0.05) is 0 Å². The Kier molecular flexibility index (Phi) is 4.06. The lowest BCUT2D eigenvalue weighted by molar-refractivity contribution is -0.143. The van der Waals surface area contributed by atoms with Crippen molar-refractivity contribution < 1.29 is 19.8 Å². The monoisotopic (exact) mass is 256 g/mol. The second-order valence-corrected chi connectivity index (χ2v) is 5.11. The van der Waals surface area contributed by atoms with E-state index < -0.39 is 12.0 Å². The van der Waals surface area contributed by atoms with Crippen LogP contribution >= 0.6 is 0 Å². The van der Waals surface area contributed by atoms with Gasteiger partial charge in [-0.15, -0.1) is 0 Å². The van der Waals surface area contributed by atoms with Crippen molar-refractivity contribution in [2.24, 2.45) is 5.92 Å². The van der Waals surface area contributed by atoms with Crippen molar-refractivity contribution in [2.75, 3.05) is 26.2 Å². The van der Waals surface area contributed by atoms with Crippen LogP contribution in [-0.4, -0.2) is 64.3 Å². The summed E-state index contributed by atoms with van der Waals surface area (Å²) in [7, 11) is 0. The molecule has 0 spiro atoms. The first kappa shape index (κ1) is 13.1. The van der Waals surface area contributed by atoms with Crippen molar-refractivity contribution in [3.8, 4) is 0 Å². The lowest BCUT2D eigenvalue weighted by Gasteiger charge is -2.35. The minimum Gasteiger partial charge on any atom is -0.480 e. The van der Waals surface area contributed by atoms with E-state index in [1.54, 1.807) is 4.90 Å². The van der Waals surface area contributed by atoms with Gasteiger partial charge in [0.25, 0.3) is 0 Å². The Morgan fingerprint density at radius 1 is 1.17 bits per heavy atom. The molecule has 0 bridgehead atoms. The number of carboxylic acid groups (broad SMARTS) is 1. The van der Waals surface area contributed by atoms with Gasteiger partial charge in [0.05, 0.1) is 0 Å². The third kappa shape index (κ3) is 2.58.